The number of ether oxygens (including phenoxy) is 2. The third kappa shape index (κ3) is 4.34. The van der Waals surface area contributed by atoms with Crippen LogP contribution in [0.4, 0.5) is 0 Å². The second kappa shape index (κ2) is 8.96. The lowest BCUT2D eigenvalue weighted by Crippen LogP contribution is -2.54. The van der Waals surface area contributed by atoms with Crippen LogP contribution in [0.5, 0.6) is 0 Å². The first-order chi connectivity index (χ1) is 14.5. The van der Waals surface area contributed by atoms with E-state index >= 15 is 0 Å². The highest BCUT2D eigenvalue weighted by molar-refractivity contribution is 6.30. The van der Waals surface area contributed by atoms with E-state index in [0.717, 1.165) is 24.0 Å². The lowest BCUT2D eigenvalue weighted by atomic mass is 9.90. The first-order valence-corrected chi connectivity index (χ1v) is 10.9. The Balaban J connectivity index is 1.81. The number of benzene rings is 2. The van der Waals surface area contributed by atoms with Gasteiger partial charge in [0.15, 0.2) is 0 Å². The molecule has 30 heavy (non-hydrogen) atoms. The molecule has 1 heterocycles. The number of nitrogens with zero attached hydrogens (tertiary/aromatic N) is 1. The molecule has 1 unspecified atom stereocenters. The molecule has 4 rings (SSSR count). The van der Waals surface area contributed by atoms with Gasteiger partial charge in [0.2, 0.25) is 5.91 Å². The van der Waals surface area contributed by atoms with Gasteiger partial charge in [-0.05, 0) is 61.1 Å². The maximum absolute atomic E-state index is 13.1. The van der Waals surface area contributed by atoms with E-state index < -0.39 is 18.2 Å². The van der Waals surface area contributed by atoms with Crippen molar-refractivity contribution < 1.29 is 19.1 Å². The summed E-state index contributed by atoms with van der Waals surface area (Å²) in [5.41, 5.74) is 1.69. The molecular weight excluding hydrogens is 425 g/mol. The van der Waals surface area contributed by atoms with Crippen LogP contribution in [0.1, 0.15) is 43.0 Å². The second-order valence-electron chi connectivity index (χ2n) is 7.62. The van der Waals surface area contributed by atoms with Gasteiger partial charge in [-0.3, -0.25) is 4.79 Å². The molecule has 2 aromatic rings. The van der Waals surface area contributed by atoms with E-state index in [2.05, 4.69) is 0 Å². The summed E-state index contributed by atoms with van der Waals surface area (Å²) in [6.45, 7) is 1.93. The third-order valence-electron chi connectivity index (χ3n) is 5.55. The molecule has 0 N–H and O–H groups in total. The molecule has 2 fully saturated rings. The zero-order valence-electron chi connectivity index (χ0n) is 16.6. The van der Waals surface area contributed by atoms with Crippen molar-refractivity contribution in [3.63, 3.8) is 0 Å². The Morgan fingerprint density at radius 2 is 1.87 bits per heavy atom. The summed E-state index contributed by atoms with van der Waals surface area (Å²) in [4.78, 5) is 27.7. The number of carbonyl (C=O) groups excluding carboxylic acids is 2. The number of halogens is 2. The molecule has 5 nitrogen and oxygen atoms in total. The van der Waals surface area contributed by atoms with E-state index in [0.29, 0.717) is 10.0 Å². The van der Waals surface area contributed by atoms with Gasteiger partial charge in [-0.25, -0.2) is 4.79 Å². The van der Waals surface area contributed by atoms with E-state index in [4.69, 9.17) is 32.7 Å². The number of esters is 1. The summed E-state index contributed by atoms with van der Waals surface area (Å²) in [5.74, 6) is -0.488. The molecule has 2 aromatic carbocycles. The van der Waals surface area contributed by atoms with Crippen LogP contribution in [0.25, 0.3) is 0 Å². The summed E-state index contributed by atoms with van der Waals surface area (Å²) < 4.78 is 11.4. The molecule has 0 bridgehead atoms. The molecule has 0 radical (unpaired) electrons. The Kier molecular flexibility index (Phi) is 6.32. The van der Waals surface area contributed by atoms with Crippen molar-refractivity contribution in [1.82, 2.24) is 4.90 Å². The fraction of sp³-hybridized carbons (Fsp3) is 0.391. The predicted octanol–water partition coefficient (Wildman–Crippen LogP) is 4.98. The van der Waals surface area contributed by atoms with Crippen LogP contribution >= 0.6 is 23.2 Å². The minimum absolute atomic E-state index is 0.0981. The average molecular weight is 448 g/mol. The van der Waals surface area contributed by atoms with Gasteiger partial charge < -0.3 is 14.4 Å². The van der Waals surface area contributed by atoms with Crippen LogP contribution in [0, 0.1) is 5.92 Å². The number of carbonyl (C=O) groups is 2. The monoisotopic (exact) mass is 447 g/mol. The van der Waals surface area contributed by atoms with E-state index in [1.165, 1.54) is 0 Å². The molecular formula is C23H23Cl2NO4. The average Bonchev–Trinajstić information content (AvgIpc) is 3.55. The Morgan fingerprint density at radius 3 is 2.50 bits per heavy atom. The summed E-state index contributed by atoms with van der Waals surface area (Å²) in [6.07, 6.45) is 1.31. The smallest absolute Gasteiger partial charge is 0.329 e. The van der Waals surface area contributed by atoms with Gasteiger partial charge in [0.1, 0.15) is 18.8 Å². The van der Waals surface area contributed by atoms with Crippen molar-refractivity contribution in [2.75, 3.05) is 13.2 Å². The van der Waals surface area contributed by atoms with Crippen molar-refractivity contribution in [3.05, 3.63) is 69.7 Å². The van der Waals surface area contributed by atoms with E-state index in [1.807, 2.05) is 30.3 Å². The number of hydrogen-bond donors (Lipinski definition) is 0. The summed E-state index contributed by atoms with van der Waals surface area (Å²) >= 11 is 12.3. The minimum Gasteiger partial charge on any atom is -0.464 e. The highest BCUT2D eigenvalue weighted by atomic mass is 35.5. The maximum atomic E-state index is 13.1. The first kappa shape index (κ1) is 21.2. The molecule has 1 saturated carbocycles. The Labute approximate surface area is 185 Å². The summed E-state index contributed by atoms with van der Waals surface area (Å²) in [5, 5.41) is 1.18. The summed E-state index contributed by atoms with van der Waals surface area (Å²) in [6, 6.07) is 13.6. The fourth-order valence-corrected chi connectivity index (χ4v) is 4.41. The van der Waals surface area contributed by atoms with Crippen molar-refractivity contribution in [3.8, 4) is 0 Å². The largest absolute Gasteiger partial charge is 0.464 e. The van der Waals surface area contributed by atoms with Gasteiger partial charge in [0.25, 0.3) is 0 Å². The predicted molar refractivity (Wildman–Crippen MR) is 114 cm³/mol. The molecule has 1 amide bonds. The van der Waals surface area contributed by atoms with Crippen LogP contribution in [0.2, 0.25) is 10.0 Å². The molecule has 158 valence electrons. The Bertz CT molecular complexity index is 929. The topological polar surface area (TPSA) is 55.8 Å². The van der Waals surface area contributed by atoms with E-state index in [1.54, 1.807) is 30.0 Å². The lowest BCUT2D eigenvalue weighted by Gasteiger charge is -2.44. The van der Waals surface area contributed by atoms with Crippen LogP contribution in [-0.2, 0) is 19.1 Å². The Hall–Kier alpha value is -2.08. The molecule has 0 spiro atoms. The van der Waals surface area contributed by atoms with Crippen molar-refractivity contribution in [2.24, 2.45) is 5.92 Å². The van der Waals surface area contributed by atoms with Crippen LogP contribution in [-0.4, -0.2) is 36.0 Å². The third-order valence-corrected chi connectivity index (χ3v) is 6.03. The SMILES string of the molecule is CCOC(=O)[C@@H](C1CC1)N1C(=O)COC(c2cccc(Cl)c2)[C@H]1c1ccc(Cl)cc1. The fourth-order valence-electron chi connectivity index (χ4n) is 4.09. The number of morpholine rings is 1. The van der Waals surface area contributed by atoms with Crippen molar-refractivity contribution in [1.29, 1.82) is 0 Å². The van der Waals surface area contributed by atoms with E-state index in [9.17, 15) is 9.59 Å². The van der Waals surface area contributed by atoms with Crippen LogP contribution in [0.3, 0.4) is 0 Å². The highest BCUT2D eigenvalue weighted by Crippen LogP contribution is 2.46. The molecule has 2 aliphatic rings. The number of amides is 1. The quantitative estimate of drug-likeness (QED) is 0.586. The van der Waals surface area contributed by atoms with E-state index in [-0.39, 0.29) is 31.0 Å². The van der Waals surface area contributed by atoms with Crippen LogP contribution < -0.4 is 0 Å². The van der Waals surface area contributed by atoms with Crippen molar-refractivity contribution in [2.45, 2.75) is 38.0 Å². The van der Waals surface area contributed by atoms with Gasteiger partial charge >= 0.3 is 5.97 Å². The zero-order valence-corrected chi connectivity index (χ0v) is 18.1. The second-order valence-corrected chi connectivity index (χ2v) is 8.49. The van der Waals surface area contributed by atoms with Crippen molar-refractivity contribution >= 4 is 35.1 Å². The zero-order chi connectivity index (χ0) is 21.3. The molecule has 3 atom stereocenters. The number of hydrogen-bond acceptors (Lipinski definition) is 4. The maximum Gasteiger partial charge on any atom is 0.329 e. The molecule has 1 aliphatic carbocycles. The van der Waals surface area contributed by atoms with Crippen LogP contribution in [0.15, 0.2) is 48.5 Å². The standard InChI is InChI=1S/C23H23Cl2NO4/c1-2-29-23(28)21(15-6-7-15)26-19(27)13-30-22(16-4-3-5-18(25)12-16)20(26)14-8-10-17(24)11-9-14/h3-5,8-12,15,20-22H,2,6-7,13H2,1H3/t20-,21-,22?/m1/s1. The minimum atomic E-state index is -0.635. The van der Waals surface area contributed by atoms with Gasteiger partial charge in [-0.15, -0.1) is 0 Å². The highest BCUT2D eigenvalue weighted by Gasteiger charge is 2.50. The van der Waals surface area contributed by atoms with Gasteiger partial charge in [-0.2, -0.15) is 0 Å². The molecule has 1 aliphatic heterocycles. The summed E-state index contributed by atoms with van der Waals surface area (Å²) in [7, 11) is 0. The lowest BCUT2D eigenvalue weighted by molar-refractivity contribution is -0.174. The molecule has 1 saturated heterocycles. The number of rotatable bonds is 6. The molecule has 0 aromatic heterocycles. The molecule has 7 heteroatoms. The van der Waals surface area contributed by atoms with Gasteiger partial charge in [0, 0.05) is 10.0 Å². The first-order valence-electron chi connectivity index (χ1n) is 10.1. The normalized spacial score (nSPS) is 22.6. The van der Waals surface area contributed by atoms with Gasteiger partial charge in [-0.1, -0.05) is 47.5 Å². The van der Waals surface area contributed by atoms with Gasteiger partial charge in [0.05, 0.1) is 12.6 Å². The Morgan fingerprint density at radius 1 is 1.13 bits per heavy atom.